The molecule has 0 atom stereocenters. The first-order valence-electron chi connectivity index (χ1n) is 7.98. The van der Waals surface area contributed by atoms with Crippen molar-refractivity contribution in [2.24, 2.45) is 0 Å². The molecule has 24 heavy (non-hydrogen) atoms. The van der Waals surface area contributed by atoms with Crippen molar-refractivity contribution in [1.29, 1.82) is 0 Å². The van der Waals surface area contributed by atoms with E-state index in [9.17, 15) is 0 Å². The van der Waals surface area contributed by atoms with E-state index >= 15 is 0 Å². The van der Waals surface area contributed by atoms with E-state index in [-0.39, 0.29) is 12.4 Å². The van der Waals surface area contributed by atoms with Gasteiger partial charge < -0.3 is 23.9 Å². The summed E-state index contributed by atoms with van der Waals surface area (Å²) >= 11 is 0. The number of nitrogens with one attached hydrogen (secondary N) is 2. The Bertz CT molecular complexity index is 451. The maximum Gasteiger partial charge on any atom is 0.500 e. The van der Waals surface area contributed by atoms with E-state index in [0.29, 0.717) is 0 Å². The fraction of sp³-hybridized carbons (Fsp3) is 0.529. The lowest BCUT2D eigenvalue weighted by molar-refractivity contribution is 0.123. The summed E-state index contributed by atoms with van der Waals surface area (Å²) in [5, 5.41) is 6.86. The second-order valence-electron chi connectivity index (χ2n) is 5.23. The predicted octanol–water partition coefficient (Wildman–Crippen LogP) is 2.70. The van der Waals surface area contributed by atoms with Crippen LogP contribution in [0.15, 0.2) is 30.8 Å². The summed E-state index contributed by atoms with van der Waals surface area (Å²) in [7, 11) is 2.54. The molecule has 0 aliphatic carbocycles. The number of halogens is 1. The van der Waals surface area contributed by atoms with Gasteiger partial charge in [-0.3, -0.25) is 0 Å². The zero-order valence-corrected chi connectivity index (χ0v) is 16.8. The van der Waals surface area contributed by atoms with Crippen molar-refractivity contribution in [2.75, 3.05) is 41.0 Å². The van der Waals surface area contributed by atoms with Crippen LogP contribution < -0.4 is 10.6 Å². The molecule has 138 valence electrons. The second kappa shape index (κ2) is 13.5. The highest BCUT2D eigenvalue weighted by Crippen LogP contribution is 2.14. The van der Waals surface area contributed by atoms with Crippen LogP contribution in [-0.2, 0) is 19.8 Å². The summed E-state index contributed by atoms with van der Waals surface area (Å²) in [4.78, 5) is 0. The van der Waals surface area contributed by atoms with Crippen molar-refractivity contribution in [3.8, 4) is 0 Å². The molecule has 0 aliphatic rings. The largest absolute Gasteiger partial charge is 0.500 e. The van der Waals surface area contributed by atoms with E-state index < -0.39 is 8.80 Å². The molecule has 1 aromatic rings. The van der Waals surface area contributed by atoms with Crippen LogP contribution in [0.3, 0.4) is 0 Å². The first kappa shape index (κ1) is 23.3. The average molecular weight is 375 g/mol. The van der Waals surface area contributed by atoms with Gasteiger partial charge in [-0.2, -0.15) is 0 Å². The molecular weight excluding hydrogens is 344 g/mol. The minimum absolute atomic E-state index is 0. The van der Waals surface area contributed by atoms with Crippen molar-refractivity contribution >= 4 is 27.3 Å². The molecule has 0 unspecified atom stereocenters. The van der Waals surface area contributed by atoms with E-state index in [0.717, 1.165) is 38.6 Å². The molecule has 1 aromatic carbocycles. The van der Waals surface area contributed by atoms with Gasteiger partial charge in [0.15, 0.2) is 0 Å². The minimum atomic E-state index is -2.41. The normalized spacial score (nSPS) is 11.1. The lowest BCUT2D eigenvalue weighted by Gasteiger charge is -2.24. The number of benzene rings is 1. The van der Waals surface area contributed by atoms with Crippen LogP contribution >= 0.6 is 12.4 Å². The summed E-state index contributed by atoms with van der Waals surface area (Å²) in [5.41, 5.74) is 2.46. The van der Waals surface area contributed by atoms with Crippen LogP contribution in [0.5, 0.6) is 0 Å². The van der Waals surface area contributed by atoms with Gasteiger partial charge in [-0.05, 0) is 24.1 Å². The second-order valence-corrected chi connectivity index (χ2v) is 8.32. The van der Waals surface area contributed by atoms with Crippen LogP contribution in [0, 0.1) is 0 Å². The third-order valence-corrected chi connectivity index (χ3v) is 6.67. The quantitative estimate of drug-likeness (QED) is 0.410. The Kier molecular flexibility index (Phi) is 13.1. The van der Waals surface area contributed by atoms with Gasteiger partial charge in [0.2, 0.25) is 0 Å². The molecule has 0 radical (unpaired) electrons. The van der Waals surface area contributed by atoms with Gasteiger partial charge in [0, 0.05) is 47.0 Å². The van der Waals surface area contributed by atoms with Crippen molar-refractivity contribution in [1.82, 2.24) is 10.6 Å². The van der Waals surface area contributed by atoms with E-state index in [2.05, 4.69) is 35.4 Å². The van der Waals surface area contributed by atoms with Gasteiger partial charge in [0.25, 0.3) is 0 Å². The lowest BCUT2D eigenvalue weighted by atomic mass is 10.1. The molecule has 7 heteroatoms. The highest BCUT2D eigenvalue weighted by molar-refractivity contribution is 6.60. The Balaban J connectivity index is 0.00000529. The maximum atomic E-state index is 5.40. The first-order chi connectivity index (χ1) is 11.2. The minimum Gasteiger partial charge on any atom is -0.377 e. The standard InChI is InChI=1S/C17H30N2O3Si.ClH/c1-5-16-9-6-7-10-17(16)15-19-13-12-18-11-8-14-23(20-2,21-3)22-4;/h5-7,9-10,18-19H,1,8,11-15H2,2-4H3;1H. The van der Waals surface area contributed by atoms with Crippen LogP contribution in [0.4, 0.5) is 0 Å². The molecule has 0 amide bonds. The summed E-state index contributed by atoms with van der Waals surface area (Å²) in [6.07, 6.45) is 2.87. The van der Waals surface area contributed by atoms with E-state index in [1.165, 1.54) is 11.1 Å². The monoisotopic (exact) mass is 374 g/mol. The van der Waals surface area contributed by atoms with Gasteiger partial charge in [-0.1, -0.05) is 36.9 Å². The highest BCUT2D eigenvalue weighted by Gasteiger charge is 2.36. The Labute approximate surface area is 153 Å². The summed E-state index contributed by atoms with van der Waals surface area (Å²) in [5.74, 6) is 0. The Hall–Kier alpha value is -0.733. The van der Waals surface area contributed by atoms with Crippen molar-refractivity contribution in [2.45, 2.75) is 19.0 Å². The molecular formula is C17H31ClN2O3Si. The molecule has 1 rings (SSSR count). The Morgan fingerprint density at radius 2 is 1.62 bits per heavy atom. The van der Waals surface area contributed by atoms with Gasteiger partial charge in [-0.15, -0.1) is 12.4 Å². The van der Waals surface area contributed by atoms with Crippen molar-refractivity contribution < 1.29 is 13.3 Å². The van der Waals surface area contributed by atoms with Crippen molar-refractivity contribution in [3.05, 3.63) is 42.0 Å². The van der Waals surface area contributed by atoms with Crippen LogP contribution in [-0.4, -0.2) is 49.8 Å². The van der Waals surface area contributed by atoms with Gasteiger partial charge in [-0.25, -0.2) is 0 Å². The number of rotatable bonds is 13. The fourth-order valence-corrected chi connectivity index (χ4v) is 4.13. The average Bonchev–Trinajstić information content (AvgIpc) is 2.61. The number of hydrogen-bond donors (Lipinski definition) is 2. The molecule has 0 spiro atoms. The van der Waals surface area contributed by atoms with Gasteiger partial charge >= 0.3 is 8.80 Å². The van der Waals surface area contributed by atoms with Gasteiger partial charge in [0.1, 0.15) is 0 Å². The fourth-order valence-electron chi connectivity index (χ4n) is 2.41. The molecule has 0 saturated carbocycles. The molecule has 0 saturated heterocycles. The zero-order chi connectivity index (χ0) is 17.0. The van der Waals surface area contributed by atoms with Crippen LogP contribution in [0.25, 0.3) is 6.08 Å². The Morgan fingerprint density at radius 1 is 1.00 bits per heavy atom. The molecule has 0 aliphatic heterocycles. The van der Waals surface area contributed by atoms with Crippen molar-refractivity contribution in [3.63, 3.8) is 0 Å². The third-order valence-electron chi connectivity index (χ3n) is 3.84. The summed E-state index contributed by atoms with van der Waals surface area (Å²) < 4.78 is 16.2. The maximum absolute atomic E-state index is 5.40. The molecule has 2 N–H and O–H groups in total. The zero-order valence-electron chi connectivity index (χ0n) is 15.0. The number of hydrogen-bond acceptors (Lipinski definition) is 5. The summed E-state index contributed by atoms with van der Waals surface area (Å²) in [6, 6.07) is 9.12. The highest BCUT2D eigenvalue weighted by atomic mass is 35.5. The molecule has 0 aromatic heterocycles. The molecule has 0 heterocycles. The van der Waals surface area contributed by atoms with Crippen LogP contribution in [0.2, 0.25) is 6.04 Å². The lowest BCUT2D eigenvalue weighted by Crippen LogP contribution is -2.43. The molecule has 5 nitrogen and oxygen atoms in total. The van der Waals surface area contributed by atoms with E-state index in [1.807, 2.05) is 12.1 Å². The topological polar surface area (TPSA) is 51.8 Å². The molecule has 0 bridgehead atoms. The van der Waals surface area contributed by atoms with E-state index in [1.54, 1.807) is 21.3 Å². The van der Waals surface area contributed by atoms with Crippen LogP contribution in [0.1, 0.15) is 17.5 Å². The predicted molar refractivity (Wildman–Crippen MR) is 105 cm³/mol. The van der Waals surface area contributed by atoms with E-state index in [4.69, 9.17) is 13.3 Å². The SMILES string of the molecule is C=Cc1ccccc1CNCCNCCC[Si](OC)(OC)OC.Cl. The van der Waals surface area contributed by atoms with Gasteiger partial charge in [0.05, 0.1) is 0 Å². The molecule has 0 fully saturated rings. The first-order valence-corrected chi connectivity index (χ1v) is 9.91. The summed E-state index contributed by atoms with van der Waals surface area (Å²) in [6.45, 7) is 7.48. The smallest absolute Gasteiger partial charge is 0.377 e. The third kappa shape index (κ3) is 7.89. The Morgan fingerprint density at radius 3 is 2.25 bits per heavy atom.